The molecule has 0 aromatic rings. The van der Waals surface area contributed by atoms with Crippen molar-refractivity contribution in [2.75, 3.05) is 13.4 Å². The molecule has 0 spiro atoms. The van der Waals surface area contributed by atoms with Crippen LogP contribution in [-0.2, 0) is 13.9 Å². The van der Waals surface area contributed by atoms with Crippen LogP contribution in [0.1, 0.15) is 32.1 Å². The predicted octanol–water partition coefficient (Wildman–Crippen LogP) is 1.40. The highest BCUT2D eigenvalue weighted by atomic mass is 31.2. The van der Waals surface area contributed by atoms with E-state index in [1.54, 1.807) is 0 Å². The average molecular weight is 277 g/mol. The highest BCUT2D eigenvalue weighted by Crippen LogP contribution is 2.49. The lowest BCUT2D eigenvalue weighted by atomic mass is 9.60. The molecule has 0 aliphatic heterocycles. The van der Waals surface area contributed by atoms with Gasteiger partial charge in [-0.1, -0.05) is 0 Å². The van der Waals surface area contributed by atoms with Crippen molar-refractivity contribution in [3.05, 3.63) is 0 Å². The number of fused-ring (bicyclic) bond motifs is 3. The van der Waals surface area contributed by atoms with Crippen LogP contribution in [0.5, 0.6) is 0 Å². The number of nitrogens with one attached hydrogen (secondary N) is 1. The van der Waals surface area contributed by atoms with Crippen molar-refractivity contribution >= 4 is 13.6 Å². The zero-order valence-corrected chi connectivity index (χ0v) is 11.4. The fraction of sp³-hybridized carbons (Fsp3) is 0.909. The van der Waals surface area contributed by atoms with E-state index in [2.05, 4.69) is 9.84 Å². The lowest BCUT2D eigenvalue weighted by molar-refractivity contribution is -0.150. The minimum absolute atomic E-state index is 0.183. The fourth-order valence-electron chi connectivity index (χ4n) is 3.29. The third-order valence-corrected chi connectivity index (χ3v) is 5.58. The summed E-state index contributed by atoms with van der Waals surface area (Å²) in [6.45, 7) is 0. The van der Waals surface area contributed by atoms with Crippen molar-refractivity contribution in [1.29, 1.82) is 0 Å². The fourth-order valence-corrected chi connectivity index (χ4v) is 3.94. The molecule has 3 N–H and O–H groups in total. The van der Waals surface area contributed by atoms with Gasteiger partial charge in [0.1, 0.15) is 0 Å². The number of carbonyl (C=O) groups is 1. The maximum atomic E-state index is 11.5. The van der Waals surface area contributed by atoms with Gasteiger partial charge in [-0.15, -0.1) is 0 Å². The Morgan fingerprint density at radius 2 is 2.11 bits per heavy atom. The summed E-state index contributed by atoms with van der Waals surface area (Å²) in [6, 6.07) is 0. The third-order valence-electron chi connectivity index (χ3n) is 4.45. The zero-order valence-electron chi connectivity index (χ0n) is 10.5. The number of rotatable bonds is 5. The van der Waals surface area contributed by atoms with E-state index in [1.807, 2.05) is 0 Å². The predicted molar refractivity (Wildman–Crippen MR) is 65.3 cm³/mol. The lowest BCUT2D eigenvalue weighted by Crippen LogP contribution is -2.60. The summed E-state index contributed by atoms with van der Waals surface area (Å²) in [7, 11) is -2.45. The molecule has 0 heterocycles. The molecule has 3 rings (SSSR count). The summed E-state index contributed by atoms with van der Waals surface area (Å²) in [5.74, 6) is -0.767. The second-order valence-electron chi connectivity index (χ2n) is 5.38. The van der Waals surface area contributed by atoms with E-state index in [0.717, 1.165) is 25.7 Å². The van der Waals surface area contributed by atoms with Gasteiger partial charge in [-0.05, 0) is 38.0 Å². The molecular formula is C11H20NO5P. The summed E-state index contributed by atoms with van der Waals surface area (Å²) in [4.78, 5) is 20.8. The van der Waals surface area contributed by atoms with Crippen LogP contribution in [0.4, 0.5) is 0 Å². The van der Waals surface area contributed by atoms with Gasteiger partial charge in [-0.3, -0.25) is 14.7 Å². The molecule has 3 aliphatic carbocycles. The maximum absolute atomic E-state index is 11.5. The normalized spacial score (nSPS) is 38.3. The summed E-state index contributed by atoms with van der Waals surface area (Å²) in [6.07, 6.45) is 4.01. The Hall–Kier alpha value is -0.420. The van der Waals surface area contributed by atoms with E-state index in [4.69, 9.17) is 0 Å². The van der Waals surface area contributed by atoms with E-state index in [9.17, 15) is 19.4 Å². The molecule has 0 radical (unpaired) electrons. The molecule has 7 heteroatoms. The topological polar surface area (TPSA) is 95.9 Å². The number of carboxylic acid groups (broad SMARTS) is 1. The van der Waals surface area contributed by atoms with Crippen molar-refractivity contribution in [3.8, 4) is 0 Å². The molecule has 0 aromatic carbocycles. The SMILES string of the molecule is COP(=O)(O)CNC12CCC(CC1)C[C@H]2C(=O)O. The smallest absolute Gasteiger partial charge is 0.341 e. The Bertz CT molecular complexity index is 378. The van der Waals surface area contributed by atoms with Gasteiger partial charge < -0.3 is 14.5 Å². The van der Waals surface area contributed by atoms with Crippen molar-refractivity contribution in [2.24, 2.45) is 11.8 Å². The quantitative estimate of drug-likeness (QED) is 0.657. The van der Waals surface area contributed by atoms with Gasteiger partial charge in [0.05, 0.1) is 12.2 Å². The minimum atomic E-state index is -3.64. The van der Waals surface area contributed by atoms with Crippen LogP contribution in [0.3, 0.4) is 0 Å². The van der Waals surface area contributed by atoms with Crippen LogP contribution >= 0.6 is 7.60 Å². The van der Waals surface area contributed by atoms with Crippen molar-refractivity contribution in [3.63, 3.8) is 0 Å². The van der Waals surface area contributed by atoms with Crippen LogP contribution in [-0.4, -0.2) is 34.9 Å². The van der Waals surface area contributed by atoms with Gasteiger partial charge in [0.2, 0.25) is 0 Å². The van der Waals surface area contributed by atoms with Crippen molar-refractivity contribution in [2.45, 2.75) is 37.6 Å². The molecular weight excluding hydrogens is 257 g/mol. The molecule has 2 bridgehead atoms. The van der Waals surface area contributed by atoms with Crippen LogP contribution in [0.15, 0.2) is 0 Å². The summed E-state index contributed by atoms with van der Waals surface area (Å²) in [5.41, 5.74) is -0.530. The van der Waals surface area contributed by atoms with E-state index in [0.29, 0.717) is 12.3 Å². The molecule has 104 valence electrons. The maximum Gasteiger partial charge on any atom is 0.341 e. The average Bonchev–Trinajstić information content (AvgIpc) is 2.38. The second kappa shape index (κ2) is 4.93. The molecule has 0 saturated heterocycles. The van der Waals surface area contributed by atoms with Gasteiger partial charge in [-0.25, -0.2) is 0 Å². The summed E-state index contributed by atoms with van der Waals surface area (Å²) < 4.78 is 16.0. The highest BCUT2D eigenvalue weighted by molar-refractivity contribution is 7.52. The number of hydrogen-bond donors (Lipinski definition) is 3. The third kappa shape index (κ3) is 2.62. The summed E-state index contributed by atoms with van der Waals surface area (Å²) in [5, 5.41) is 12.3. The highest BCUT2D eigenvalue weighted by Gasteiger charge is 2.51. The van der Waals surface area contributed by atoms with E-state index < -0.39 is 25.0 Å². The molecule has 3 saturated carbocycles. The minimum Gasteiger partial charge on any atom is -0.481 e. The standard InChI is InChI=1S/C11H20NO5P/c1-17-18(15,16)7-12-11-4-2-8(3-5-11)6-9(11)10(13)14/h8-9,12H,2-7H2,1H3,(H,13,14)(H,15,16)/t8?,9-,11?/m0/s1. The lowest BCUT2D eigenvalue weighted by Gasteiger charge is -2.51. The Morgan fingerprint density at radius 1 is 1.50 bits per heavy atom. The number of aliphatic carboxylic acids is 1. The first-order chi connectivity index (χ1) is 8.38. The van der Waals surface area contributed by atoms with Gasteiger partial charge in [-0.2, -0.15) is 0 Å². The molecule has 2 atom stereocenters. The van der Waals surface area contributed by atoms with Crippen LogP contribution in [0, 0.1) is 11.8 Å². The van der Waals surface area contributed by atoms with Crippen LogP contribution in [0.2, 0.25) is 0 Å². The van der Waals surface area contributed by atoms with Gasteiger partial charge >= 0.3 is 13.6 Å². The van der Waals surface area contributed by atoms with E-state index >= 15 is 0 Å². The van der Waals surface area contributed by atoms with Gasteiger partial charge in [0.15, 0.2) is 0 Å². The molecule has 6 nitrogen and oxygen atoms in total. The van der Waals surface area contributed by atoms with Crippen LogP contribution in [0.25, 0.3) is 0 Å². The summed E-state index contributed by atoms with van der Waals surface area (Å²) >= 11 is 0. The molecule has 0 aromatic heterocycles. The van der Waals surface area contributed by atoms with E-state index in [-0.39, 0.29) is 6.29 Å². The first kappa shape index (κ1) is 14.0. The van der Waals surface area contributed by atoms with Gasteiger partial charge in [0.25, 0.3) is 0 Å². The molecule has 18 heavy (non-hydrogen) atoms. The monoisotopic (exact) mass is 277 g/mol. The molecule has 1 unspecified atom stereocenters. The van der Waals surface area contributed by atoms with Crippen molar-refractivity contribution < 1.29 is 23.9 Å². The zero-order chi connectivity index (χ0) is 13.4. The van der Waals surface area contributed by atoms with E-state index in [1.165, 1.54) is 7.11 Å². The molecule has 0 amide bonds. The molecule has 3 fully saturated rings. The largest absolute Gasteiger partial charge is 0.481 e. The Labute approximate surface area is 106 Å². The Kier molecular flexibility index (Phi) is 3.83. The van der Waals surface area contributed by atoms with Crippen LogP contribution < -0.4 is 5.32 Å². The Morgan fingerprint density at radius 3 is 2.61 bits per heavy atom. The number of carboxylic acids is 1. The van der Waals surface area contributed by atoms with Crippen molar-refractivity contribution in [1.82, 2.24) is 5.32 Å². The number of hydrogen-bond acceptors (Lipinski definition) is 4. The van der Waals surface area contributed by atoms with Gasteiger partial charge in [0, 0.05) is 12.6 Å². The first-order valence-electron chi connectivity index (χ1n) is 6.24. The molecule has 3 aliphatic rings. The second-order valence-corrected chi connectivity index (χ2v) is 7.34. The first-order valence-corrected chi connectivity index (χ1v) is 8.00. The Balaban J connectivity index is 2.10.